The molecule has 1 saturated heterocycles. The number of carboxylic acid groups (broad SMARTS) is 1. The molecule has 2 fully saturated rings. The first-order chi connectivity index (χ1) is 19.9. The maximum absolute atomic E-state index is 13.1. The van der Waals surface area contributed by atoms with Gasteiger partial charge in [-0.15, -0.1) is 0 Å². The Bertz CT molecular complexity index is 1420. The molecular formula is C33H38N2O6. The Morgan fingerprint density at radius 2 is 1.68 bits per heavy atom. The molecule has 0 spiro atoms. The van der Waals surface area contributed by atoms with Crippen LogP contribution >= 0.6 is 0 Å². The molecule has 2 aromatic carbocycles. The maximum atomic E-state index is 13.1. The number of carboxylic acids is 1. The highest BCUT2D eigenvalue weighted by Gasteiger charge is 2.63. The van der Waals surface area contributed by atoms with Crippen molar-refractivity contribution >= 4 is 22.8 Å². The summed E-state index contributed by atoms with van der Waals surface area (Å²) < 4.78 is 17.8. The molecule has 41 heavy (non-hydrogen) atoms. The number of hydrogen-bond acceptors (Lipinski definition) is 6. The number of rotatable bonds is 9. The van der Waals surface area contributed by atoms with Crippen molar-refractivity contribution in [3.63, 3.8) is 0 Å². The minimum absolute atomic E-state index is 0.232. The Kier molecular flexibility index (Phi) is 7.51. The van der Waals surface area contributed by atoms with Crippen LogP contribution in [0.4, 0.5) is 0 Å². The Hall–Kier alpha value is -3.78. The highest BCUT2D eigenvalue weighted by Crippen LogP contribution is 2.53. The van der Waals surface area contributed by atoms with Crippen molar-refractivity contribution in [3.8, 4) is 0 Å². The topological polar surface area (TPSA) is 115 Å². The summed E-state index contributed by atoms with van der Waals surface area (Å²) in [7, 11) is 0. The number of benzene rings is 2. The second-order valence-corrected chi connectivity index (χ2v) is 11.9. The van der Waals surface area contributed by atoms with Crippen LogP contribution in [0.15, 0.2) is 77.3 Å². The van der Waals surface area contributed by atoms with Gasteiger partial charge in [0.05, 0.1) is 12.7 Å². The highest BCUT2D eigenvalue weighted by atomic mass is 16.7. The third-order valence-electron chi connectivity index (χ3n) is 9.67. The van der Waals surface area contributed by atoms with Crippen molar-refractivity contribution < 1.29 is 28.6 Å². The van der Waals surface area contributed by atoms with Crippen LogP contribution in [-0.4, -0.2) is 47.3 Å². The molecule has 2 aliphatic heterocycles. The molecule has 8 nitrogen and oxygen atoms in total. The van der Waals surface area contributed by atoms with E-state index in [4.69, 9.17) is 19.6 Å². The zero-order valence-electron chi connectivity index (χ0n) is 23.3. The first-order valence-electron chi connectivity index (χ1n) is 14.7. The number of carbonyl (C=O) groups excluding carboxylic acids is 1. The lowest BCUT2D eigenvalue weighted by Gasteiger charge is -2.48. The average molecular weight is 559 g/mol. The summed E-state index contributed by atoms with van der Waals surface area (Å²) in [5, 5.41) is 10.8. The van der Waals surface area contributed by atoms with E-state index in [1.54, 1.807) is 0 Å². The number of nitrogens with two attached hydrogens (primary N) is 1. The number of hydrogen-bond donors (Lipinski definition) is 2. The predicted molar refractivity (Wildman–Crippen MR) is 154 cm³/mol. The molecule has 3 aromatic rings. The number of ether oxygens (including phenoxy) is 2. The number of piperidine rings is 1. The van der Waals surface area contributed by atoms with E-state index in [-0.39, 0.29) is 12.2 Å². The van der Waals surface area contributed by atoms with Gasteiger partial charge >= 0.3 is 5.97 Å². The molecule has 0 bridgehead atoms. The van der Waals surface area contributed by atoms with Gasteiger partial charge in [-0.3, -0.25) is 4.79 Å². The number of furan rings is 1. The third kappa shape index (κ3) is 5.21. The summed E-state index contributed by atoms with van der Waals surface area (Å²) >= 11 is 0. The summed E-state index contributed by atoms with van der Waals surface area (Å²) in [5.74, 6) is -2.51. The van der Waals surface area contributed by atoms with Crippen LogP contribution in [0.25, 0.3) is 11.0 Å². The Morgan fingerprint density at radius 1 is 0.976 bits per heavy atom. The largest absolute Gasteiger partial charge is 0.475 e. The summed E-state index contributed by atoms with van der Waals surface area (Å²) in [4.78, 5) is 27.4. The van der Waals surface area contributed by atoms with E-state index in [0.717, 1.165) is 69.1 Å². The van der Waals surface area contributed by atoms with Gasteiger partial charge in [0.2, 0.25) is 11.7 Å². The number of primary amides is 1. The van der Waals surface area contributed by atoms with Gasteiger partial charge in [-0.25, -0.2) is 4.79 Å². The quantitative estimate of drug-likeness (QED) is 0.352. The Labute approximate surface area is 240 Å². The summed E-state index contributed by atoms with van der Waals surface area (Å²) in [6.45, 7) is 3.15. The fourth-order valence-electron chi connectivity index (χ4n) is 7.21. The van der Waals surface area contributed by atoms with E-state index in [9.17, 15) is 14.7 Å². The molecule has 1 atom stereocenters. The predicted octanol–water partition coefficient (Wildman–Crippen LogP) is 5.58. The minimum Gasteiger partial charge on any atom is -0.475 e. The zero-order chi connectivity index (χ0) is 28.5. The van der Waals surface area contributed by atoms with Crippen LogP contribution in [0.3, 0.4) is 0 Å². The molecule has 3 aliphatic rings. The lowest BCUT2D eigenvalue weighted by molar-refractivity contribution is -0.237. The second-order valence-electron chi connectivity index (χ2n) is 11.9. The fraction of sp³-hybridized carbons (Fsp3) is 0.455. The van der Waals surface area contributed by atoms with Crippen molar-refractivity contribution in [1.82, 2.24) is 4.90 Å². The Morgan fingerprint density at radius 3 is 2.37 bits per heavy atom. The molecule has 6 rings (SSSR count). The van der Waals surface area contributed by atoms with Crippen LogP contribution in [-0.2, 0) is 25.5 Å². The monoisotopic (exact) mass is 558 g/mol. The van der Waals surface area contributed by atoms with E-state index < -0.39 is 23.1 Å². The van der Waals surface area contributed by atoms with Crippen LogP contribution in [0.5, 0.6) is 0 Å². The second kappa shape index (κ2) is 11.2. The number of aliphatic carboxylic acids is 1. The number of fused-ring (bicyclic) bond motifs is 1. The molecular weight excluding hydrogens is 520 g/mol. The molecule has 3 heterocycles. The number of amides is 1. The molecule has 8 heteroatoms. The van der Waals surface area contributed by atoms with Crippen LogP contribution in [0.1, 0.15) is 62.0 Å². The molecule has 1 saturated carbocycles. The maximum Gasteiger partial charge on any atom is 0.374 e. The molecule has 0 radical (unpaired) electrons. The number of nitrogens with zero attached hydrogens (tertiary/aromatic N) is 1. The number of likely N-dealkylation sites (tertiary alicyclic amines) is 1. The smallest absolute Gasteiger partial charge is 0.374 e. The number of para-hydroxylation sites is 1. The SMILES string of the molecule is NC(=O)C1(C2(Cc3ccccc3)OC=C(C(=O)O)O2)CCC(CCN2CCC(c3coc4ccccc34)CC2)CC1. The molecule has 3 N–H and O–H groups in total. The lowest BCUT2D eigenvalue weighted by Crippen LogP contribution is -2.59. The summed E-state index contributed by atoms with van der Waals surface area (Å²) in [5.41, 5.74) is 8.14. The van der Waals surface area contributed by atoms with Crippen LogP contribution < -0.4 is 5.73 Å². The van der Waals surface area contributed by atoms with Crippen molar-refractivity contribution in [3.05, 3.63) is 84.0 Å². The van der Waals surface area contributed by atoms with Crippen molar-refractivity contribution in [2.45, 2.75) is 63.1 Å². The van der Waals surface area contributed by atoms with E-state index >= 15 is 0 Å². The molecule has 1 amide bonds. The lowest BCUT2D eigenvalue weighted by atomic mass is 9.63. The van der Waals surface area contributed by atoms with Gasteiger partial charge in [0.15, 0.2) is 0 Å². The van der Waals surface area contributed by atoms with E-state index in [0.29, 0.717) is 24.7 Å². The fourth-order valence-corrected chi connectivity index (χ4v) is 7.21. The summed E-state index contributed by atoms with van der Waals surface area (Å²) in [6.07, 6.45) is 9.21. The van der Waals surface area contributed by atoms with Crippen molar-refractivity contribution in [2.75, 3.05) is 19.6 Å². The van der Waals surface area contributed by atoms with E-state index in [1.165, 1.54) is 10.9 Å². The first-order valence-corrected chi connectivity index (χ1v) is 14.7. The van der Waals surface area contributed by atoms with Gasteiger partial charge < -0.3 is 29.6 Å². The molecule has 1 aromatic heterocycles. The molecule has 1 unspecified atom stereocenters. The standard InChI is InChI=1S/C33H38N2O6/c34-31(38)32(33(20-24-6-2-1-3-7-24)40-22-29(41-33)30(36)37)15-10-23(11-16-32)12-17-35-18-13-25(14-19-35)27-21-39-28-9-5-4-8-26(27)28/h1-9,21-23,25H,10-20H2,(H2,34,38)(H,36,37). The number of carbonyl (C=O) groups is 2. The van der Waals surface area contributed by atoms with Gasteiger partial charge in [0.1, 0.15) is 17.3 Å². The van der Waals surface area contributed by atoms with E-state index in [1.807, 2.05) is 48.7 Å². The first kappa shape index (κ1) is 27.4. The van der Waals surface area contributed by atoms with Crippen molar-refractivity contribution in [2.24, 2.45) is 17.1 Å². The minimum atomic E-state index is -1.47. The van der Waals surface area contributed by atoms with Crippen molar-refractivity contribution in [1.29, 1.82) is 0 Å². The van der Waals surface area contributed by atoms with Gasteiger partial charge in [0.25, 0.3) is 5.79 Å². The summed E-state index contributed by atoms with van der Waals surface area (Å²) in [6, 6.07) is 17.8. The third-order valence-corrected chi connectivity index (χ3v) is 9.67. The van der Waals surface area contributed by atoms with Gasteiger partial charge in [-0.05, 0) is 88.0 Å². The molecule has 216 valence electrons. The van der Waals surface area contributed by atoms with E-state index in [2.05, 4.69) is 17.0 Å². The van der Waals surface area contributed by atoms with Gasteiger partial charge in [0, 0.05) is 10.9 Å². The molecule has 1 aliphatic carbocycles. The van der Waals surface area contributed by atoms with Gasteiger partial charge in [-0.1, -0.05) is 48.5 Å². The van der Waals surface area contributed by atoms with Crippen LogP contribution in [0, 0.1) is 11.3 Å². The zero-order valence-corrected chi connectivity index (χ0v) is 23.3. The normalized spacial score (nSPS) is 27.2. The highest BCUT2D eigenvalue weighted by molar-refractivity contribution is 5.86. The average Bonchev–Trinajstić information content (AvgIpc) is 3.63. The van der Waals surface area contributed by atoms with Gasteiger partial charge in [-0.2, -0.15) is 0 Å². The Balaban J connectivity index is 1.07. The van der Waals surface area contributed by atoms with Crippen LogP contribution in [0.2, 0.25) is 0 Å².